The summed E-state index contributed by atoms with van der Waals surface area (Å²) in [5.74, 6) is -0.756. The molecular formula is C16H20N2O4. The summed E-state index contributed by atoms with van der Waals surface area (Å²) < 4.78 is 0. The summed E-state index contributed by atoms with van der Waals surface area (Å²) >= 11 is 0. The lowest BCUT2D eigenvalue weighted by Gasteiger charge is -2.34. The first-order valence-electron chi connectivity index (χ1n) is 7.33. The number of carbonyl (C=O) groups excluding carboxylic acids is 2. The van der Waals surface area contributed by atoms with Crippen LogP contribution in [0.4, 0.5) is 0 Å². The van der Waals surface area contributed by atoms with E-state index in [4.69, 9.17) is 9.90 Å². The number of rotatable bonds is 2. The van der Waals surface area contributed by atoms with Crippen molar-refractivity contribution in [3.8, 4) is 0 Å². The quantitative estimate of drug-likeness (QED) is 0.846. The Hall–Kier alpha value is -2.37. The number of carboxylic acid groups (broad SMARTS) is 1. The number of carboxylic acids is 1. The number of hydrogen-bond donors (Lipinski definition) is 2. The van der Waals surface area contributed by atoms with Gasteiger partial charge < -0.3 is 15.3 Å². The SMILES string of the molecule is CC(=O)O.O=C1NC(Cc2ccccc2)C(=O)N2CCCC12. The molecule has 2 aliphatic heterocycles. The van der Waals surface area contributed by atoms with Crippen LogP contribution in [-0.2, 0) is 20.8 Å². The Morgan fingerprint density at radius 1 is 1.32 bits per heavy atom. The van der Waals surface area contributed by atoms with Gasteiger partial charge >= 0.3 is 0 Å². The van der Waals surface area contributed by atoms with Crippen molar-refractivity contribution >= 4 is 17.8 Å². The van der Waals surface area contributed by atoms with Crippen LogP contribution < -0.4 is 5.32 Å². The molecule has 0 aliphatic carbocycles. The molecule has 22 heavy (non-hydrogen) atoms. The van der Waals surface area contributed by atoms with Crippen LogP contribution in [0, 0.1) is 0 Å². The molecule has 2 heterocycles. The van der Waals surface area contributed by atoms with Gasteiger partial charge in [-0.15, -0.1) is 0 Å². The van der Waals surface area contributed by atoms with E-state index in [1.54, 1.807) is 4.90 Å². The summed E-state index contributed by atoms with van der Waals surface area (Å²) in [4.78, 5) is 34.9. The Morgan fingerprint density at radius 3 is 2.59 bits per heavy atom. The first-order valence-corrected chi connectivity index (χ1v) is 7.33. The standard InChI is InChI=1S/C14H16N2O2.C2H4O2/c17-13-12-7-4-8-16(12)14(18)11(15-13)9-10-5-2-1-3-6-10;1-2(3)4/h1-3,5-6,11-12H,4,7-9H2,(H,15,17);1H3,(H,3,4). The van der Waals surface area contributed by atoms with Crippen LogP contribution in [0.25, 0.3) is 0 Å². The van der Waals surface area contributed by atoms with Gasteiger partial charge in [-0.3, -0.25) is 14.4 Å². The molecule has 2 amide bonds. The Morgan fingerprint density at radius 2 is 1.95 bits per heavy atom. The Balaban J connectivity index is 0.000000396. The number of hydrogen-bond acceptors (Lipinski definition) is 3. The zero-order valence-corrected chi connectivity index (χ0v) is 12.5. The smallest absolute Gasteiger partial charge is 0.300 e. The molecule has 2 atom stereocenters. The highest BCUT2D eigenvalue weighted by Crippen LogP contribution is 2.23. The largest absolute Gasteiger partial charge is 0.481 e. The number of nitrogens with zero attached hydrogens (tertiary/aromatic N) is 1. The fraction of sp³-hybridized carbons (Fsp3) is 0.438. The molecule has 3 rings (SSSR count). The van der Waals surface area contributed by atoms with Crippen molar-refractivity contribution in [2.75, 3.05) is 6.54 Å². The number of fused-ring (bicyclic) bond motifs is 1. The van der Waals surface area contributed by atoms with Gasteiger partial charge in [0.25, 0.3) is 5.97 Å². The number of aliphatic carboxylic acids is 1. The molecule has 118 valence electrons. The van der Waals surface area contributed by atoms with E-state index in [-0.39, 0.29) is 17.9 Å². The molecule has 1 aromatic carbocycles. The molecule has 0 saturated carbocycles. The number of carbonyl (C=O) groups is 3. The molecular weight excluding hydrogens is 284 g/mol. The monoisotopic (exact) mass is 304 g/mol. The molecule has 2 fully saturated rings. The minimum atomic E-state index is -0.833. The summed E-state index contributed by atoms with van der Waals surface area (Å²) in [6, 6.07) is 9.19. The lowest BCUT2D eigenvalue weighted by atomic mass is 10.0. The molecule has 0 radical (unpaired) electrons. The maximum absolute atomic E-state index is 12.3. The van der Waals surface area contributed by atoms with Gasteiger partial charge in [0, 0.05) is 19.9 Å². The second-order valence-corrected chi connectivity index (χ2v) is 5.46. The molecule has 0 spiro atoms. The van der Waals surface area contributed by atoms with Crippen LogP contribution in [-0.4, -0.2) is 46.4 Å². The Kier molecular flexibility index (Phi) is 5.14. The molecule has 1 aromatic rings. The highest BCUT2D eigenvalue weighted by atomic mass is 16.4. The van der Waals surface area contributed by atoms with E-state index in [0.29, 0.717) is 6.42 Å². The topological polar surface area (TPSA) is 86.7 Å². The zero-order valence-electron chi connectivity index (χ0n) is 12.5. The Bertz CT molecular complexity index is 555. The lowest BCUT2D eigenvalue weighted by Crippen LogP contribution is -2.61. The summed E-state index contributed by atoms with van der Waals surface area (Å²) in [5, 5.41) is 10.3. The predicted molar refractivity (Wildman–Crippen MR) is 80.1 cm³/mol. The molecule has 0 bridgehead atoms. The minimum absolute atomic E-state index is 0.00744. The first-order chi connectivity index (χ1) is 10.5. The van der Waals surface area contributed by atoms with Crippen LogP contribution >= 0.6 is 0 Å². The van der Waals surface area contributed by atoms with Gasteiger partial charge in [-0.05, 0) is 18.4 Å². The molecule has 6 heteroatoms. The second-order valence-electron chi connectivity index (χ2n) is 5.46. The van der Waals surface area contributed by atoms with Gasteiger partial charge in [0.15, 0.2) is 0 Å². The highest BCUT2D eigenvalue weighted by molar-refractivity contribution is 5.97. The number of benzene rings is 1. The van der Waals surface area contributed by atoms with E-state index in [1.165, 1.54) is 0 Å². The lowest BCUT2D eigenvalue weighted by molar-refractivity contribution is -0.146. The number of nitrogens with one attached hydrogen (secondary N) is 1. The molecule has 2 aliphatic rings. The van der Waals surface area contributed by atoms with Crippen molar-refractivity contribution in [3.63, 3.8) is 0 Å². The molecule has 0 aromatic heterocycles. The maximum Gasteiger partial charge on any atom is 0.300 e. The van der Waals surface area contributed by atoms with Gasteiger partial charge in [-0.25, -0.2) is 0 Å². The van der Waals surface area contributed by atoms with Crippen LogP contribution in [0.15, 0.2) is 30.3 Å². The van der Waals surface area contributed by atoms with Crippen molar-refractivity contribution in [1.82, 2.24) is 10.2 Å². The van der Waals surface area contributed by atoms with E-state index in [9.17, 15) is 9.59 Å². The average molecular weight is 304 g/mol. The number of piperazine rings is 1. The van der Waals surface area contributed by atoms with E-state index in [0.717, 1.165) is 31.9 Å². The normalized spacial score (nSPS) is 23.2. The van der Waals surface area contributed by atoms with Crippen LogP contribution in [0.1, 0.15) is 25.3 Å². The first kappa shape index (κ1) is 16.0. The van der Waals surface area contributed by atoms with E-state index in [2.05, 4.69) is 5.32 Å². The minimum Gasteiger partial charge on any atom is -0.481 e. The molecule has 6 nitrogen and oxygen atoms in total. The van der Waals surface area contributed by atoms with Crippen molar-refractivity contribution in [3.05, 3.63) is 35.9 Å². The van der Waals surface area contributed by atoms with Gasteiger partial charge in [-0.2, -0.15) is 0 Å². The summed E-state index contributed by atoms with van der Waals surface area (Å²) in [7, 11) is 0. The van der Waals surface area contributed by atoms with Crippen LogP contribution in [0.5, 0.6) is 0 Å². The van der Waals surface area contributed by atoms with E-state index in [1.807, 2.05) is 30.3 Å². The van der Waals surface area contributed by atoms with Crippen molar-refractivity contribution < 1.29 is 19.5 Å². The van der Waals surface area contributed by atoms with Gasteiger partial charge in [0.2, 0.25) is 11.8 Å². The maximum atomic E-state index is 12.3. The van der Waals surface area contributed by atoms with Gasteiger partial charge in [-0.1, -0.05) is 30.3 Å². The number of amides is 2. The van der Waals surface area contributed by atoms with Crippen LogP contribution in [0.2, 0.25) is 0 Å². The van der Waals surface area contributed by atoms with E-state index >= 15 is 0 Å². The molecule has 2 N–H and O–H groups in total. The highest BCUT2D eigenvalue weighted by Gasteiger charge is 2.42. The average Bonchev–Trinajstić information content (AvgIpc) is 2.95. The third-order valence-corrected chi connectivity index (χ3v) is 3.74. The van der Waals surface area contributed by atoms with Gasteiger partial charge in [0.05, 0.1) is 0 Å². The van der Waals surface area contributed by atoms with Crippen molar-refractivity contribution in [2.45, 2.75) is 38.3 Å². The summed E-state index contributed by atoms with van der Waals surface area (Å²) in [5.41, 5.74) is 1.08. The third-order valence-electron chi connectivity index (χ3n) is 3.74. The summed E-state index contributed by atoms with van der Waals surface area (Å²) in [6.07, 6.45) is 2.31. The predicted octanol–water partition coefficient (Wildman–Crippen LogP) is 0.809. The molecule has 2 unspecified atom stereocenters. The van der Waals surface area contributed by atoms with Crippen LogP contribution in [0.3, 0.4) is 0 Å². The third kappa shape index (κ3) is 3.84. The van der Waals surface area contributed by atoms with Crippen molar-refractivity contribution in [2.24, 2.45) is 0 Å². The summed E-state index contributed by atoms with van der Waals surface area (Å²) in [6.45, 7) is 1.81. The zero-order chi connectivity index (χ0) is 16.1. The van der Waals surface area contributed by atoms with Gasteiger partial charge in [0.1, 0.15) is 12.1 Å². The Labute approximate surface area is 129 Å². The second kappa shape index (κ2) is 7.06. The fourth-order valence-electron chi connectivity index (χ4n) is 2.82. The van der Waals surface area contributed by atoms with Crippen molar-refractivity contribution in [1.29, 1.82) is 0 Å². The fourth-order valence-corrected chi connectivity index (χ4v) is 2.82. The molecule has 2 saturated heterocycles. The van der Waals surface area contributed by atoms with E-state index < -0.39 is 12.0 Å².